The van der Waals surface area contributed by atoms with E-state index < -0.39 is 30.1 Å². The Balaban J connectivity index is 1.95. The number of nitrogens with zero attached hydrogens (tertiary/aromatic N) is 1. The number of aryl methyl sites for hydroxylation is 1. The van der Waals surface area contributed by atoms with E-state index >= 15 is 0 Å². The molecule has 0 aliphatic rings. The molecule has 1 aromatic carbocycles. The van der Waals surface area contributed by atoms with E-state index in [1.165, 1.54) is 12.1 Å². The number of nitrogens with one attached hydrogen (secondary N) is 2. The Morgan fingerprint density at radius 1 is 1.19 bits per heavy atom. The van der Waals surface area contributed by atoms with Crippen molar-refractivity contribution in [2.75, 3.05) is 6.61 Å². The first-order chi connectivity index (χ1) is 12.5. The molecule has 1 aromatic heterocycles. The largest absolute Gasteiger partial charge is 0.451 e. The monoisotopic (exact) mass is 393 g/mol. The number of halogens is 1. The minimum absolute atomic E-state index is 0.237. The van der Waals surface area contributed by atoms with Crippen LogP contribution in [0, 0.1) is 12.7 Å². The van der Waals surface area contributed by atoms with Crippen LogP contribution in [-0.2, 0) is 9.53 Å². The first-order valence-corrected chi connectivity index (χ1v) is 8.89. The number of hydrogen-bond acceptors (Lipinski definition) is 6. The second-order valence-corrected chi connectivity index (χ2v) is 7.77. The van der Waals surface area contributed by atoms with Crippen LogP contribution < -0.4 is 10.6 Å². The van der Waals surface area contributed by atoms with Crippen LogP contribution in [0.25, 0.3) is 10.6 Å². The molecule has 0 saturated heterocycles. The number of carbonyl (C=O) groups excluding carboxylic acids is 3. The van der Waals surface area contributed by atoms with Crippen molar-refractivity contribution in [1.29, 1.82) is 0 Å². The van der Waals surface area contributed by atoms with Crippen molar-refractivity contribution in [2.45, 2.75) is 33.2 Å². The summed E-state index contributed by atoms with van der Waals surface area (Å²) >= 11 is 1.08. The smallest absolute Gasteiger partial charge is 0.350 e. The van der Waals surface area contributed by atoms with E-state index in [-0.39, 0.29) is 10.7 Å². The lowest BCUT2D eigenvalue weighted by Crippen LogP contribution is -2.49. The maximum atomic E-state index is 13.0. The number of imide groups is 1. The average molecular weight is 393 g/mol. The molecular weight excluding hydrogens is 373 g/mol. The van der Waals surface area contributed by atoms with Crippen LogP contribution in [0.15, 0.2) is 24.3 Å². The van der Waals surface area contributed by atoms with Crippen LogP contribution in [0.1, 0.15) is 36.1 Å². The van der Waals surface area contributed by atoms with E-state index in [9.17, 15) is 18.8 Å². The van der Waals surface area contributed by atoms with Crippen molar-refractivity contribution in [1.82, 2.24) is 15.6 Å². The van der Waals surface area contributed by atoms with Crippen LogP contribution in [0.5, 0.6) is 0 Å². The molecule has 0 saturated carbocycles. The zero-order valence-corrected chi connectivity index (χ0v) is 16.2. The minimum Gasteiger partial charge on any atom is -0.451 e. The number of thiazole rings is 1. The van der Waals surface area contributed by atoms with Crippen molar-refractivity contribution in [3.05, 3.63) is 40.7 Å². The molecule has 0 atom stereocenters. The minimum atomic E-state index is -0.744. The highest BCUT2D eigenvalue weighted by atomic mass is 32.1. The fraction of sp³-hybridized carbons (Fsp3) is 0.333. The zero-order chi connectivity index (χ0) is 20.2. The average Bonchev–Trinajstić information content (AvgIpc) is 2.93. The standard InChI is InChI=1S/C18H20FN3O4S/c1-10-14(27-15(20-10)11-5-7-12(19)8-6-11)16(24)26-9-13(23)21-17(25)22-18(2,3)4/h5-8H,9H2,1-4H3,(H2,21,22,23,25). The Bertz CT molecular complexity index is 856. The van der Waals surface area contributed by atoms with Crippen molar-refractivity contribution in [2.24, 2.45) is 0 Å². The molecule has 1 heterocycles. The van der Waals surface area contributed by atoms with Crippen LogP contribution in [-0.4, -0.2) is 35.0 Å². The van der Waals surface area contributed by atoms with Crippen molar-refractivity contribution in [3.63, 3.8) is 0 Å². The van der Waals surface area contributed by atoms with Gasteiger partial charge in [0.25, 0.3) is 5.91 Å². The summed E-state index contributed by atoms with van der Waals surface area (Å²) in [6.07, 6.45) is 0. The maximum Gasteiger partial charge on any atom is 0.350 e. The summed E-state index contributed by atoms with van der Waals surface area (Å²) < 4.78 is 18.0. The number of carbonyl (C=O) groups is 3. The molecule has 0 aliphatic carbocycles. The highest BCUT2D eigenvalue weighted by Gasteiger charge is 2.20. The van der Waals surface area contributed by atoms with Gasteiger partial charge >= 0.3 is 12.0 Å². The Hall–Kier alpha value is -2.81. The summed E-state index contributed by atoms with van der Waals surface area (Å²) in [6, 6.07) is 5.05. The number of amides is 3. The SMILES string of the molecule is Cc1nc(-c2ccc(F)cc2)sc1C(=O)OCC(=O)NC(=O)NC(C)(C)C. The molecule has 27 heavy (non-hydrogen) atoms. The number of urea groups is 1. The zero-order valence-electron chi connectivity index (χ0n) is 15.4. The van der Waals surface area contributed by atoms with E-state index in [0.29, 0.717) is 16.3 Å². The van der Waals surface area contributed by atoms with E-state index in [0.717, 1.165) is 11.3 Å². The summed E-state index contributed by atoms with van der Waals surface area (Å²) in [7, 11) is 0. The van der Waals surface area contributed by atoms with Gasteiger partial charge in [-0.1, -0.05) is 0 Å². The van der Waals surface area contributed by atoms with Gasteiger partial charge in [0.15, 0.2) is 6.61 Å². The summed E-state index contributed by atoms with van der Waals surface area (Å²) in [6.45, 7) is 6.34. The summed E-state index contributed by atoms with van der Waals surface area (Å²) in [5.74, 6) is -1.83. The van der Waals surface area contributed by atoms with Gasteiger partial charge in [-0.25, -0.2) is 19.0 Å². The predicted molar refractivity (Wildman–Crippen MR) is 99.0 cm³/mol. The van der Waals surface area contributed by atoms with Gasteiger partial charge in [-0.3, -0.25) is 10.1 Å². The fourth-order valence-corrected chi connectivity index (χ4v) is 3.00. The lowest BCUT2D eigenvalue weighted by Gasteiger charge is -2.20. The molecule has 2 rings (SSSR count). The summed E-state index contributed by atoms with van der Waals surface area (Å²) in [4.78, 5) is 40.0. The molecular formula is C18H20FN3O4S. The Labute approximate surface area is 159 Å². The van der Waals surface area contributed by atoms with Crippen LogP contribution in [0.3, 0.4) is 0 Å². The van der Waals surface area contributed by atoms with Gasteiger partial charge < -0.3 is 10.1 Å². The van der Waals surface area contributed by atoms with Crippen molar-refractivity contribution < 1.29 is 23.5 Å². The highest BCUT2D eigenvalue weighted by Crippen LogP contribution is 2.28. The quantitative estimate of drug-likeness (QED) is 0.778. The van der Waals surface area contributed by atoms with Crippen molar-refractivity contribution >= 4 is 29.2 Å². The van der Waals surface area contributed by atoms with Crippen LogP contribution >= 0.6 is 11.3 Å². The highest BCUT2D eigenvalue weighted by molar-refractivity contribution is 7.17. The first-order valence-electron chi connectivity index (χ1n) is 8.07. The summed E-state index contributed by atoms with van der Waals surface area (Å²) in [5.41, 5.74) is 0.604. The van der Waals surface area contributed by atoms with E-state index in [1.807, 2.05) is 0 Å². The van der Waals surface area contributed by atoms with Crippen molar-refractivity contribution in [3.8, 4) is 10.6 Å². The molecule has 144 valence electrons. The van der Waals surface area contributed by atoms with Gasteiger partial charge in [-0.15, -0.1) is 11.3 Å². The topological polar surface area (TPSA) is 97.4 Å². The molecule has 3 amide bonds. The molecule has 0 spiro atoms. The molecule has 0 aliphatic heterocycles. The second kappa shape index (κ2) is 8.26. The lowest BCUT2D eigenvalue weighted by molar-refractivity contribution is -0.123. The molecule has 2 N–H and O–H groups in total. The molecule has 7 nitrogen and oxygen atoms in total. The Morgan fingerprint density at radius 2 is 1.81 bits per heavy atom. The fourth-order valence-electron chi connectivity index (χ4n) is 2.03. The van der Waals surface area contributed by atoms with Crippen LogP contribution in [0.4, 0.5) is 9.18 Å². The van der Waals surface area contributed by atoms with Gasteiger partial charge in [-0.2, -0.15) is 0 Å². The molecule has 0 unspecified atom stereocenters. The predicted octanol–water partition coefficient (Wildman–Crippen LogP) is 3.04. The lowest BCUT2D eigenvalue weighted by atomic mass is 10.1. The van der Waals surface area contributed by atoms with E-state index in [4.69, 9.17) is 4.74 Å². The van der Waals surface area contributed by atoms with Crippen LogP contribution in [0.2, 0.25) is 0 Å². The normalized spacial score (nSPS) is 11.0. The van der Waals surface area contributed by atoms with Gasteiger partial charge in [0.2, 0.25) is 0 Å². The molecule has 9 heteroatoms. The number of ether oxygens (including phenoxy) is 1. The van der Waals surface area contributed by atoms with Gasteiger partial charge in [0.05, 0.1) is 5.69 Å². The number of esters is 1. The number of rotatable bonds is 4. The molecule has 0 fully saturated rings. The second-order valence-electron chi connectivity index (χ2n) is 6.77. The Kier molecular flexibility index (Phi) is 6.27. The van der Waals surface area contributed by atoms with Gasteiger partial charge in [0.1, 0.15) is 15.7 Å². The third-order valence-corrected chi connectivity index (χ3v) is 4.34. The van der Waals surface area contributed by atoms with Gasteiger partial charge in [-0.05, 0) is 52.0 Å². The maximum absolute atomic E-state index is 13.0. The third kappa shape index (κ3) is 6.14. The third-order valence-electron chi connectivity index (χ3n) is 3.15. The molecule has 0 radical (unpaired) electrons. The first kappa shape index (κ1) is 20.5. The Morgan fingerprint density at radius 3 is 2.41 bits per heavy atom. The number of benzene rings is 1. The number of hydrogen-bond donors (Lipinski definition) is 2. The molecule has 2 aromatic rings. The van der Waals surface area contributed by atoms with Gasteiger partial charge in [0, 0.05) is 11.1 Å². The summed E-state index contributed by atoms with van der Waals surface area (Å²) in [5, 5.41) is 5.17. The van der Waals surface area contributed by atoms with E-state index in [1.54, 1.807) is 39.8 Å². The van der Waals surface area contributed by atoms with E-state index in [2.05, 4.69) is 15.6 Å². The number of aromatic nitrogens is 1. The molecule has 0 bridgehead atoms.